The zero-order valence-electron chi connectivity index (χ0n) is 13.1. The molecule has 24 heavy (non-hydrogen) atoms. The zero-order valence-corrected chi connectivity index (χ0v) is 14.8. The molecule has 0 aliphatic rings. The number of thioether (sulfide) groups is 1. The molecule has 0 bridgehead atoms. The van der Waals surface area contributed by atoms with Crippen molar-refractivity contribution in [2.24, 2.45) is 0 Å². The van der Waals surface area contributed by atoms with Gasteiger partial charge in [-0.2, -0.15) is 0 Å². The maximum atomic E-state index is 12.1. The van der Waals surface area contributed by atoms with Crippen molar-refractivity contribution in [1.82, 2.24) is 14.7 Å². The summed E-state index contributed by atoms with van der Waals surface area (Å²) < 4.78 is 1.51. The van der Waals surface area contributed by atoms with E-state index in [2.05, 4.69) is 10.3 Å². The summed E-state index contributed by atoms with van der Waals surface area (Å²) in [4.78, 5) is 29.8. The standard InChI is InChI=1S/C17H17N3O2S2/c1-12(17(22)18-10-14-5-4-8-23-14)24-11-13-9-16(21)20-7-3-2-6-15(20)19-13/h2-9,12H,10-11H2,1H3,(H,18,22)/t12-/m0/s1. The van der Waals surface area contributed by atoms with Gasteiger partial charge in [0.15, 0.2) is 0 Å². The van der Waals surface area contributed by atoms with E-state index >= 15 is 0 Å². The Kier molecular flexibility index (Phi) is 5.32. The molecule has 1 amide bonds. The lowest BCUT2D eigenvalue weighted by Gasteiger charge is -2.11. The minimum absolute atomic E-state index is 0.00842. The Morgan fingerprint density at radius 2 is 2.25 bits per heavy atom. The van der Waals surface area contributed by atoms with Gasteiger partial charge >= 0.3 is 0 Å². The average Bonchev–Trinajstić information content (AvgIpc) is 3.11. The van der Waals surface area contributed by atoms with Gasteiger partial charge in [0.05, 0.1) is 17.5 Å². The molecule has 7 heteroatoms. The highest BCUT2D eigenvalue weighted by Crippen LogP contribution is 2.17. The van der Waals surface area contributed by atoms with Gasteiger partial charge in [-0.05, 0) is 30.5 Å². The van der Waals surface area contributed by atoms with Gasteiger partial charge in [-0.25, -0.2) is 4.98 Å². The lowest BCUT2D eigenvalue weighted by atomic mass is 10.4. The Morgan fingerprint density at radius 3 is 3.04 bits per heavy atom. The monoisotopic (exact) mass is 359 g/mol. The Bertz CT molecular complexity index is 890. The number of pyridine rings is 1. The topological polar surface area (TPSA) is 63.5 Å². The maximum Gasteiger partial charge on any atom is 0.258 e. The first-order valence-electron chi connectivity index (χ1n) is 7.52. The predicted octanol–water partition coefficient (Wildman–Crippen LogP) is 2.69. The number of carbonyl (C=O) groups is 1. The van der Waals surface area contributed by atoms with Crippen LogP contribution in [0, 0.1) is 0 Å². The molecule has 3 aromatic heterocycles. The molecule has 3 rings (SSSR count). The first-order valence-corrected chi connectivity index (χ1v) is 9.45. The second-order valence-electron chi connectivity index (χ2n) is 5.26. The van der Waals surface area contributed by atoms with Gasteiger partial charge in [0.2, 0.25) is 5.91 Å². The minimum atomic E-state index is -0.207. The summed E-state index contributed by atoms with van der Waals surface area (Å²) in [5.41, 5.74) is 1.20. The largest absolute Gasteiger partial charge is 0.350 e. The average molecular weight is 359 g/mol. The Balaban J connectivity index is 1.58. The molecule has 0 radical (unpaired) electrons. The van der Waals surface area contributed by atoms with Crippen molar-refractivity contribution in [3.05, 3.63) is 68.9 Å². The van der Waals surface area contributed by atoms with E-state index in [-0.39, 0.29) is 16.7 Å². The lowest BCUT2D eigenvalue weighted by Crippen LogP contribution is -2.30. The molecule has 3 aromatic rings. The van der Waals surface area contributed by atoms with Gasteiger partial charge in [-0.15, -0.1) is 23.1 Å². The number of aromatic nitrogens is 2. The van der Waals surface area contributed by atoms with Crippen LogP contribution in [0.15, 0.2) is 52.8 Å². The van der Waals surface area contributed by atoms with Crippen molar-refractivity contribution >= 4 is 34.7 Å². The van der Waals surface area contributed by atoms with Crippen molar-refractivity contribution < 1.29 is 4.79 Å². The van der Waals surface area contributed by atoms with Crippen LogP contribution in [-0.2, 0) is 17.1 Å². The van der Waals surface area contributed by atoms with Gasteiger partial charge in [0.1, 0.15) is 5.65 Å². The van der Waals surface area contributed by atoms with Crippen LogP contribution in [0.4, 0.5) is 0 Å². The molecule has 124 valence electrons. The van der Waals surface area contributed by atoms with Crippen LogP contribution in [0.5, 0.6) is 0 Å². The number of nitrogens with zero attached hydrogens (tertiary/aromatic N) is 2. The van der Waals surface area contributed by atoms with Crippen LogP contribution >= 0.6 is 23.1 Å². The Hall–Kier alpha value is -2.12. The van der Waals surface area contributed by atoms with Crippen LogP contribution in [0.25, 0.3) is 5.65 Å². The van der Waals surface area contributed by atoms with E-state index in [9.17, 15) is 9.59 Å². The first-order chi connectivity index (χ1) is 11.6. The molecular formula is C17H17N3O2S2. The van der Waals surface area contributed by atoms with Crippen LogP contribution in [0.3, 0.4) is 0 Å². The van der Waals surface area contributed by atoms with E-state index in [1.54, 1.807) is 29.7 Å². The number of fused-ring (bicyclic) bond motifs is 1. The van der Waals surface area contributed by atoms with Crippen molar-refractivity contribution in [3.63, 3.8) is 0 Å². The number of thiophene rings is 1. The highest BCUT2D eigenvalue weighted by molar-refractivity contribution is 7.99. The third kappa shape index (κ3) is 4.04. The molecule has 5 nitrogen and oxygen atoms in total. The fourth-order valence-electron chi connectivity index (χ4n) is 2.19. The Labute approximate surface area is 147 Å². The molecule has 0 aliphatic heterocycles. The van der Waals surface area contributed by atoms with Crippen molar-refractivity contribution in [3.8, 4) is 0 Å². The number of rotatable bonds is 6. The van der Waals surface area contributed by atoms with E-state index in [0.717, 1.165) is 4.88 Å². The third-order valence-corrected chi connectivity index (χ3v) is 5.54. The maximum absolute atomic E-state index is 12.1. The Morgan fingerprint density at radius 1 is 1.38 bits per heavy atom. The summed E-state index contributed by atoms with van der Waals surface area (Å²) in [5, 5.41) is 4.71. The van der Waals surface area contributed by atoms with Gasteiger partial charge in [-0.1, -0.05) is 12.1 Å². The molecule has 0 fully saturated rings. The highest BCUT2D eigenvalue weighted by atomic mass is 32.2. The van der Waals surface area contributed by atoms with E-state index in [0.29, 0.717) is 23.6 Å². The van der Waals surface area contributed by atoms with Crippen molar-refractivity contribution in [1.29, 1.82) is 0 Å². The minimum Gasteiger partial charge on any atom is -0.350 e. The highest BCUT2D eigenvalue weighted by Gasteiger charge is 2.14. The van der Waals surface area contributed by atoms with Crippen molar-refractivity contribution in [2.45, 2.75) is 24.5 Å². The number of amides is 1. The van der Waals surface area contributed by atoms with Gasteiger partial charge in [-0.3, -0.25) is 14.0 Å². The molecule has 1 N–H and O–H groups in total. The van der Waals surface area contributed by atoms with Gasteiger partial charge in [0, 0.05) is 22.9 Å². The second kappa shape index (κ2) is 7.63. The normalized spacial score (nSPS) is 12.2. The van der Waals surface area contributed by atoms with Crippen LogP contribution < -0.4 is 10.9 Å². The second-order valence-corrected chi connectivity index (χ2v) is 7.63. The van der Waals surface area contributed by atoms with Crippen LogP contribution in [0.1, 0.15) is 17.5 Å². The van der Waals surface area contributed by atoms with E-state index in [4.69, 9.17) is 0 Å². The fraction of sp³-hybridized carbons (Fsp3) is 0.235. The summed E-state index contributed by atoms with van der Waals surface area (Å²) in [6.07, 6.45) is 1.70. The third-order valence-electron chi connectivity index (χ3n) is 3.49. The zero-order chi connectivity index (χ0) is 16.9. The summed E-state index contributed by atoms with van der Waals surface area (Å²) in [5.74, 6) is 0.514. The summed E-state index contributed by atoms with van der Waals surface area (Å²) in [7, 11) is 0. The fourth-order valence-corrected chi connectivity index (χ4v) is 3.64. The van der Waals surface area contributed by atoms with E-state index in [1.807, 2.05) is 30.5 Å². The predicted molar refractivity (Wildman–Crippen MR) is 98.4 cm³/mol. The van der Waals surface area contributed by atoms with E-state index in [1.165, 1.54) is 22.2 Å². The molecule has 0 saturated heterocycles. The molecule has 0 saturated carbocycles. The first kappa shape index (κ1) is 16.7. The summed E-state index contributed by atoms with van der Waals surface area (Å²) in [6.45, 7) is 2.42. The SMILES string of the molecule is C[C@H](SCc1cc(=O)n2ccccc2n1)C(=O)NCc1cccs1. The number of hydrogen-bond acceptors (Lipinski definition) is 5. The van der Waals surface area contributed by atoms with Crippen LogP contribution in [0.2, 0.25) is 0 Å². The number of hydrogen-bond donors (Lipinski definition) is 1. The smallest absolute Gasteiger partial charge is 0.258 e. The molecule has 0 spiro atoms. The summed E-state index contributed by atoms with van der Waals surface area (Å²) >= 11 is 3.09. The summed E-state index contributed by atoms with van der Waals surface area (Å²) in [6, 6.07) is 10.9. The molecule has 1 atom stereocenters. The molecular weight excluding hydrogens is 342 g/mol. The molecule has 0 aliphatic carbocycles. The molecule has 0 unspecified atom stereocenters. The van der Waals surface area contributed by atoms with Crippen molar-refractivity contribution in [2.75, 3.05) is 0 Å². The molecule has 0 aromatic carbocycles. The lowest BCUT2D eigenvalue weighted by molar-refractivity contribution is -0.120. The van der Waals surface area contributed by atoms with Gasteiger partial charge < -0.3 is 5.32 Å². The quantitative estimate of drug-likeness (QED) is 0.735. The number of carbonyl (C=O) groups excluding carboxylic acids is 1. The van der Waals surface area contributed by atoms with Gasteiger partial charge in [0.25, 0.3) is 5.56 Å². The van der Waals surface area contributed by atoms with Crippen LogP contribution in [-0.4, -0.2) is 20.5 Å². The number of nitrogens with one attached hydrogen (secondary N) is 1. The molecule has 3 heterocycles. The van der Waals surface area contributed by atoms with E-state index < -0.39 is 0 Å².